The van der Waals surface area contributed by atoms with Crippen molar-refractivity contribution >= 4 is 21.7 Å². The van der Waals surface area contributed by atoms with Crippen LogP contribution in [0.5, 0.6) is 0 Å². The van der Waals surface area contributed by atoms with E-state index in [0.717, 1.165) is 0 Å². The SMILES string of the molecule is CC(=O)NC1CCN(S(=O)(=O)c2cccnc2N)C1. The number of hydrogen-bond donors (Lipinski definition) is 2. The first-order chi connectivity index (χ1) is 8.91. The van der Waals surface area contributed by atoms with Gasteiger partial charge in [-0.1, -0.05) is 0 Å². The maximum absolute atomic E-state index is 12.4. The van der Waals surface area contributed by atoms with Crippen molar-refractivity contribution in [3.05, 3.63) is 18.3 Å². The minimum atomic E-state index is -3.64. The number of amides is 1. The Morgan fingerprint density at radius 1 is 1.58 bits per heavy atom. The second kappa shape index (κ2) is 5.14. The number of rotatable bonds is 3. The van der Waals surface area contributed by atoms with E-state index in [9.17, 15) is 13.2 Å². The molecule has 0 aromatic carbocycles. The highest BCUT2D eigenvalue weighted by Crippen LogP contribution is 2.23. The van der Waals surface area contributed by atoms with Gasteiger partial charge >= 0.3 is 0 Å². The van der Waals surface area contributed by atoms with Gasteiger partial charge in [0.05, 0.1) is 0 Å². The van der Waals surface area contributed by atoms with Gasteiger partial charge in [0.25, 0.3) is 0 Å². The Morgan fingerprint density at radius 2 is 2.32 bits per heavy atom. The minimum absolute atomic E-state index is 0.00882. The van der Waals surface area contributed by atoms with E-state index in [1.54, 1.807) is 0 Å². The van der Waals surface area contributed by atoms with Gasteiger partial charge in [-0.25, -0.2) is 13.4 Å². The van der Waals surface area contributed by atoms with Gasteiger partial charge in [-0.05, 0) is 18.6 Å². The summed E-state index contributed by atoms with van der Waals surface area (Å²) in [6.45, 7) is 2.04. The standard InChI is InChI=1S/C11H16N4O3S/c1-8(16)14-9-4-6-15(7-9)19(17,18)10-3-2-5-13-11(10)12/h2-3,5,9H,4,6-7H2,1H3,(H2,12,13)(H,14,16). The summed E-state index contributed by atoms with van der Waals surface area (Å²) in [6.07, 6.45) is 2.04. The zero-order valence-corrected chi connectivity index (χ0v) is 11.4. The molecule has 0 saturated carbocycles. The highest BCUT2D eigenvalue weighted by Gasteiger charge is 2.34. The Morgan fingerprint density at radius 3 is 2.95 bits per heavy atom. The van der Waals surface area contributed by atoms with Crippen molar-refractivity contribution in [2.45, 2.75) is 24.3 Å². The summed E-state index contributed by atoms with van der Waals surface area (Å²) in [5.41, 5.74) is 5.60. The zero-order chi connectivity index (χ0) is 14.0. The van der Waals surface area contributed by atoms with Gasteiger partial charge in [-0.2, -0.15) is 4.31 Å². The molecule has 1 fully saturated rings. The number of nitrogens with one attached hydrogen (secondary N) is 1. The molecule has 7 nitrogen and oxygen atoms in total. The van der Waals surface area contributed by atoms with Gasteiger partial charge in [0.15, 0.2) is 0 Å². The quantitative estimate of drug-likeness (QED) is 0.783. The first-order valence-corrected chi connectivity index (χ1v) is 7.33. The fourth-order valence-electron chi connectivity index (χ4n) is 2.11. The lowest BCUT2D eigenvalue weighted by molar-refractivity contribution is -0.119. The van der Waals surface area contributed by atoms with Gasteiger partial charge in [0.2, 0.25) is 15.9 Å². The van der Waals surface area contributed by atoms with Crippen molar-refractivity contribution < 1.29 is 13.2 Å². The Bertz CT molecular complexity index is 587. The van der Waals surface area contributed by atoms with E-state index >= 15 is 0 Å². The third kappa shape index (κ3) is 2.85. The number of carbonyl (C=O) groups is 1. The number of anilines is 1. The molecule has 1 saturated heterocycles. The van der Waals surface area contributed by atoms with Gasteiger partial charge in [-0.15, -0.1) is 0 Å². The summed E-state index contributed by atoms with van der Waals surface area (Å²) in [7, 11) is -3.64. The van der Waals surface area contributed by atoms with E-state index in [0.29, 0.717) is 13.0 Å². The zero-order valence-electron chi connectivity index (χ0n) is 10.5. The third-order valence-electron chi connectivity index (χ3n) is 2.98. The number of nitrogens with zero attached hydrogens (tertiary/aromatic N) is 2. The molecule has 19 heavy (non-hydrogen) atoms. The normalized spacial score (nSPS) is 20.4. The summed E-state index contributed by atoms with van der Waals surface area (Å²) in [6, 6.07) is 2.82. The van der Waals surface area contributed by atoms with Crippen LogP contribution in [0.2, 0.25) is 0 Å². The minimum Gasteiger partial charge on any atom is -0.383 e. The predicted octanol–water partition coefficient (Wildman–Crippen LogP) is -0.437. The lowest BCUT2D eigenvalue weighted by Crippen LogP contribution is -2.37. The van der Waals surface area contributed by atoms with Crippen LogP contribution in [0, 0.1) is 0 Å². The number of aromatic nitrogens is 1. The molecular weight excluding hydrogens is 268 g/mol. The molecule has 1 aliphatic heterocycles. The second-order valence-electron chi connectivity index (χ2n) is 4.44. The van der Waals surface area contributed by atoms with E-state index in [-0.39, 0.29) is 29.2 Å². The van der Waals surface area contributed by atoms with Crippen LogP contribution in [-0.2, 0) is 14.8 Å². The first kappa shape index (κ1) is 13.8. The molecule has 8 heteroatoms. The van der Waals surface area contributed by atoms with Gasteiger partial charge in [-0.3, -0.25) is 4.79 Å². The van der Waals surface area contributed by atoms with Crippen molar-refractivity contribution in [1.82, 2.24) is 14.6 Å². The Labute approximate surface area is 111 Å². The summed E-state index contributed by atoms with van der Waals surface area (Å²) in [5, 5.41) is 2.72. The summed E-state index contributed by atoms with van der Waals surface area (Å²) in [4.78, 5) is 14.8. The molecular formula is C11H16N4O3S. The summed E-state index contributed by atoms with van der Waals surface area (Å²) in [5.74, 6) is -0.171. The van der Waals surface area contributed by atoms with Crippen molar-refractivity contribution in [1.29, 1.82) is 0 Å². The van der Waals surface area contributed by atoms with E-state index < -0.39 is 10.0 Å². The average Bonchev–Trinajstić information content (AvgIpc) is 2.77. The summed E-state index contributed by atoms with van der Waals surface area (Å²) < 4.78 is 26.1. The van der Waals surface area contributed by atoms with E-state index in [1.807, 2.05) is 0 Å². The number of pyridine rings is 1. The molecule has 0 bridgehead atoms. The molecule has 1 amide bonds. The predicted molar refractivity (Wildman–Crippen MR) is 69.6 cm³/mol. The topological polar surface area (TPSA) is 105 Å². The molecule has 2 rings (SSSR count). The number of hydrogen-bond acceptors (Lipinski definition) is 5. The maximum Gasteiger partial charge on any atom is 0.246 e. The first-order valence-electron chi connectivity index (χ1n) is 5.89. The van der Waals surface area contributed by atoms with Crippen LogP contribution in [-0.4, -0.2) is 42.7 Å². The third-order valence-corrected chi connectivity index (χ3v) is 4.89. The monoisotopic (exact) mass is 284 g/mol. The smallest absolute Gasteiger partial charge is 0.246 e. The average molecular weight is 284 g/mol. The lowest BCUT2D eigenvalue weighted by Gasteiger charge is -2.17. The van der Waals surface area contributed by atoms with Crippen LogP contribution < -0.4 is 11.1 Å². The van der Waals surface area contributed by atoms with E-state index in [4.69, 9.17) is 5.73 Å². The number of sulfonamides is 1. The highest BCUT2D eigenvalue weighted by molar-refractivity contribution is 7.89. The Balaban J connectivity index is 2.19. The largest absolute Gasteiger partial charge is 0.383 e. The molecule has 0 aliphatic carbocycles. The van der Waals surface area contributed by atoms with Crippen LogP contribution in [0.25, 0.3) is 0 Å². The lowest BCUT2D eigenvalue weighted by atomic mass is 10.3. The van der Waals surface area contributed by atoms with Crippen molar-refractivity contribution in [2.24, 2.45) is 0 Å². The fourth-order valence-corrected chi connectivity index (χ4v) is 3.68. The molecule has 1 aromatic heterocycles. The van der Waals surface area contributed by atoms with Crippen molar-refractivity contribution in [2.75, 3.05) is 18.8 Å². The van der Waals surface area contributed by atoms with Gasteiger partial charge in [0, 0.05) is 32.3 Å². The van der Waals surface area contributed by atoms with E-state index in [1.165, 1.54) is 29.6 Å². The molecule has 1 unspecified atom stereocenters. The molecule has 1 atom stereocenters. The van der Waals surface area contributed by atoms with Crippen molar-refractivity contribution in [3.63, 3.8) is 0 Å². The second-order valence-corrected chi connectivity index (χ2v) is 6.34. The van der Waals surface area contributed by atoms with Crippen LogP contribution in [0.15, 0.2) is 23.2 Å². The molecule has 104 valence electrons. The van der Waals surface area contributed by atoms with Gasteiger partial charge < -0.3 is 11.1 Å². The van der Waals surface area contributed by atoms with Crippen molar-refractivity contribution in [3.8, 4) is 0 Å². The fraction of sp³-hybridized carbons (Fsp3) is 0.455. The van der Waals surface area contributed by atoms with Crippen LogP contribution in [0.1, 0.15) is 13.3 Å². The Hall–Kier alpha value is -1.67. The molecule has 0 spiro atoms. The molecule has 1 aromatic rings. The van der Waals surface area contributed by atoms with Crippen LogP contribution in [0.3, 0.4) is 0 Å². The number of nitrogens with two attached hydrogens (primary N) is 1. The Kier molecular flexibility index (Phi) is 3.72. The molecule has 1 aliphatic rings. The molecule has 0 radical (unpaired) electrons. The highest BCUT2D eigenvalue weighted by atomic mass is 32.2. The molecule has 3 N–H and O–H groups in total. The van der Waals surface area contributed by atoms with Crippen LogP contribution >= 0.6 is 0 Å². The number of carbonyl (C=O) groups excluding carboxylic acids is 1. The van der Waals surface area contributed by atoms with Gasteiger partial charge in [0.1, 0.15) is 10.7 Å². The van der Waals surface area contributed by atoms with Crippen LogP contribution in [0.4, 0.5) is 5.82 Å². The maximum atomic E-state index is 12.4. The molecule has 2 heterocycles. The van der Waals surface area contributed by atoms with E-state index in [2.05, 4.69) is 10.3 Å². The number of nitrogen functional groups attached to an aromatic ring is 1. The summed E-state index contributed by atoms with van der Waals surface area (Å²) >= 11 is 0.